The van der Waals surface area contributed by atoms with E-state index in [1.807, 2.05) is 0 Å². The fraction of sp³-hybridized carbons (Fsp3) is 0.462. The minimum Gasteiger partial charge on any atom is -0.393 e. The average molecular weight is 327 g/mol. The quantitative estimate of drug-likeness (QED) is 0.537. The summed E-state index contributed by atoms with van der Waals surface area (Å²) in [6.45, 7) is -1.30. The molecule has 124 valence electrons. The fourth-order valence-corrected chi connectivity index (χ4v) is 2.65. The van der Waals surface area contributed by atoms with E-state index in [1.165, 1.54) is 17.0 Å². The number of nitrogen functional groups attached to an aromatic ring is 1. The number of anilines is 1. The number of alkyl halides is 1. The number of rotatable bonds is 4. The molecule has 0 saturated carbocycles. The van der Waals surface area contributed by atoms with Gasteiger partial charge in [0.2, 0.25) is 0 Å². The number of imidazole rings is 1. The molecule has 0 aromatic carbocycles. The minimum atomic E-state index is -1.44. The maximum atomic E-state index is 13.4. The third kappa shape index (κ3) is 2.54. The second-order valence-electron chi connectivity index (χ2n) is 5.20. The van der Waals surface area contributed by atoms with Crippen LogP contribution in [-0.4, -0.2) is 54.7 Å². The summed E-state index contributed by atoms with van der Waals surface area (Å²) in [6.07, 6.45) is 0.962. The zero-order valence-electron chi connectivity index (χ0n) is 11.9. The van der Waals surface area contributed by atoms with Crippen LogP contribution in [0.25, 0.3) is 11.2 Å². The maximum absolute atomic E-state index is 13.4. The molecule has 0 aliphatic carbocycles. The topological polar surface area (TPSA) is 119 Å². The molecule has 0 radical (unpaired) electrons. The van der Waals surface area contributed by atoms with E-state index in [-0.39, 0.29) is 23.4 Å². The van der Waals surface area contributed by atoms with E-state index in [1.54, 1.807) is 0 Å². The van der Waals surface area contributed by atoms with Crippen molar-refractivity contribution in [3.63, 3.8) is 0 Å². The molecule has 1 saturated heterocycles. The van der Waals surface area contributed by atoms with E-state index in [0.717, 1.165) is 6.08 Å². The van der Waals surface area contributed by atoms with Crippen molar-refractivity contribution in [2.45, 2.75) is 24.4 Å². The van der Waals surface area contributed by atoms with Gasteiger partial charge in [0.05, 0.1) is 19.0 Å². The number of nitrogens with zero attached hydrogens (tertiary/aromatic N) is 4. The van der Waals surface area contributed by atoms with Gasteiger partial charge in [-0.1, -0.05) is 6.08 Å². The zero-order chi connectivity index (χ0) is 16.6. The van der Waals surface area contributed by atoms with E-state index >= 15 is 0 Å². The van der Waals surface area contributed by atoms with Crippen molar-refractivity contribution in [2.24, 2.45) is 0 Å². The SMILES string of the molecule is Nc1nc(F)nc2c1ncn2[C@H]1C[C@H](O)[C@@](/C=C/CF)(CO)O1. The van der Waals surface area contributed by atoms with Gasteiger partial charge in [-0.2, -0.15) is 14.4 Å². The monoisotopic (exact) mass is 327 g/mol. The van der Waals surface area contributed by atoms with Crippen LogP contribution in [0.4, 0.5) is 14.6 Å². The summed E-state index contributed by atoms with van der Waals surface area (Å²) in [4.78, 5) is 11.0. The van der Waals surface area contributed by atoms with Crippen LogP contribution in [0.15, 0.2) is 18.5 Å². The highest BCUT2D eigenvalue weighted by Crippen LogP contribution is 2.39. The van der Waals surface area contributed by atoms with Gasteiger partial charge in [0.15, 0.2) is 17.0 Å². The summed E-state index contributed by atoms with van der Waals surface area (Å²) in [5.74, 6) is -0.115. The number of ether oxygens (including phenoxy) is 1. The van der Waals surface area contributed by atoms with E-state index in [4.69, 9.17) is 10.5 Å². The molecular weight excluding hydrogens is 312 g/mol. The number of hydrogen-bond acceptors (Lipinski definition) is 7. The Morgan fingerprint density at radius 3 is 3.00 bits per heavy atom. The molecule has 8 nitrogen and oxygen atoms in total. The molecule has 2 aromatic heterocycles. The zero-order valence-corrected chi connectivity index (χ0v) is 11.9. The van der Waals surface area contributed by atoms with Crippen LogP contribution in [0.3, 0.4) is 0 Å². The van der Waals surface area contributed by atoms with Gasteiger partial charge in [0.1, 0.15) is 18.5 Å². The highest BCUT2D eigenvalue weighted by atomic mass is 19.1. The molecule has 0 bridgehead atoms. The Bertz CT molecular complexity index is 753. The number of aliphatic hydroxyl groups excluding tert-OH is 2. The van der Waals surface area contributed by atoms with Crippen molar-refractivity contribution in [3.05, 3.63) is 24.6 Å². The predicted octanol–water partition coefficient (Wildman–Crippen LogP) is 0.0842. The molecule has 2 aromatic rings. The first-order valence-corrected chi connectivity index (χ1v) is 6.86. The molecule has 1 aliphatic rings. The van der Waals surface area contributed by atoms with Crippen LogP contribution in [0, 0.1) is 6.08 Å². The lowest BCUT2D eigenvalue weighted by molar-refractivity contribution is -0.0957. The number of aromatic nitrogens is 4. The van der Waals surface area contributed by atoms with Crippen molar-refractivity contribution in [1.29, 1.82) is 0 Å². The summed E-state index contributed by atoms with van der Waals surface area (Å²) < 4.78 is 32.8. The molecule has 0 unspecified atom stereocenters. The highest BCUT2D eigenvalue weighted by Gasteiger charge is 2.47. The van der Waals surface area contributed by atoms with Crippen LogP contribution in [0.2, 0.25) is 0 Å². The second-order valence-corrected chi connectivity index (χ2v) is 5.20. The molecule has 4 N–H and O–H groups in total. The first kappa shape index (κ1) is 15.7. The summed E-state index contributed by atoms with van der Waals surface area (Å²) in [5, 5.41) is 19.7. The van der Waals surface area contributed by atoms with Crippen molar-refractivity contribution < 1.29 is 23.7 Å². The normalized spacial score (nSPS) is 28.2. The van der Waals surface area contributed by atoms with Gasteiger partial charge in [-0.05, 0) is 6.08 Å². The summed E-state index contributed by atoms with van der Waals surface area (Å²) >= 11 is 0. The van der Waals surface area contributed by atoms with Crippen LogP contribution in [0.5, 0.6) is 0 Å². The molecule has 3 heterocycles. The van der Waals surface area contributed by atoms with E-state index < -0.39 is 37.3 Å². The van der Waals surface area contributed by atoms with Crippen molar-refractivity contribution in [2.75, 3.05) is 19.0 Å². The van der Waals surface area contributed by atoms with Crippen LogP contribution in [0.1, 0.15) is 12.6 Å². The largest absolute Gasteiger partial charge is 0.393 e. The van der Waals surface area contributed by atoms with E-state index in [2.05, 4.69) is 15.0 Å². The fourth-order valence-electron chi connectivity index (χ4n) is 2.65. The van der Waals surface area contributed by atoms with Gasteiger partial charge in [-0.25, -0.2) is 9.37 Å². The second kappa shape index (κ2) is 5.80. The summed E-state index contributed by atoms with van der Waals surface area (Å²) in [5.41, 5.74) is 4.46. The van der Waals surface area contributed by atoms with Gasteiger partial charge < -0.3 is 20.7 Å². The molecule has 3 atom stereocenters. The Balaban J connectivity index is 1.99. The Labute approximate surface area is 129 Å². The summed E-state index contributed by atoms with van der Waals surface area (Å²) in [7, 11) is 0. The first-order chi connectivity index (χ1) is 11.0. The molecule has 0 spiro atoms. The van der Waals surface area contributed by atoms with Crippen molar-refractivity contribution in [1.82, 2.24) is 19.5 Å². The van der Waals surface area contributed by atoms with Crippen molar-refractivity contribution >= 4 is 17.0 Å². The molecule has 10 heteroatoms. The lowest BCUT2D eigenvalue weighted by Crippen LogP contribution is -2.41. The third-order valence-corrected chi connectivity index (χ3v) is 3.81. The third-order valence-electron chi connectivity index (χ3n) is 3.81. The Hall–Kier alpha value is -2.17. The summed E-state index contributed by atoms with van der Waals surface area (Å²) in [6, 6.07) is 0. The minimum absolute atomic E-state index is 0.0776. The maximum Gasteiger partial charge on any atom is 0.312 e. The van der Waals surface area contributed by atoms with Crippen LogP contribution in [-0.2, 0) is 4.74 Å². The highest BCUT2D eigenvalue weighted by molar-refractivity contribution is 5.81. The lowest BCUT2D eigenvalue weighted by atomic mass is 9.97. The average Bonchev–Trinajstić information content (AvgIpc) is 3.07. The molecular formula is C13H15F2N5O3. The first-order valence-electron chi connectivity index (χ1n) is 6.86. The molecule has 0 amide bonds. The number of aliphatic hydroxyl groups is 2. The van der Waals surface area contributed by atoms with Gasteiger partial charge in [0, 0.05) is 6.42 Å². The lowest BCUT2D eigenvalue weighted by Gasteiger charge is -2.26. The van der Waals surface area contributed by atoms with Gasteiger partial charge >= 0.3 is 6.08 Å². The Morgan fingerprint density at radius 1 is 1.52 bits per heavy atom. The Morgan fingerprint density at radius 2 is 2.30 bits per heavy atom. The molecule has 1 fully saturated rings. The molecule has 23 heavy (non-hydrogen) atoms. The van der Waals surface area contributed by atoms with Gasteiger partial charge in [-0.3, -0.25) is 4.57 Å². The van der Waals surface area contributed by atoms with Crippen molar-refractivity contribution in [3.8, 4) is 0 Å². The number of hydrogen-bond donors (Lipinski definition) is 3. The molecule has 3 rings (SSSR count). The Kier molecular flexibility index (Phi) is 3.96. The molecule has 1 aliphatic heterocycles. The smallest absolute Gasteiger partial charge is 0.312 e. The van der Waals surface area contributed by atoms with Crippen LogP contribution >= 0.6 is 0 Å². The van der Waals surface area contributed by atoms with E-state index in [9.17, 15) is 19.0 Å². The number of halogens is 2. The van der Waals surface area contributed by atoms with Crippen LogP contribution < -0.4 is 5.73 Å². The number of fused-ring (bicyclic) bond motifs is 1. The number of allylic oxidation sites excluding steroid dienone is 1. The predicted molar refractivity (Wildman–Crippen MR) is 75.4 cm³/mol. The van der Waals surface area contributed by atoms with Gasteiger partial charge in [-0.15, -0.1) is 0 Å². The number of nitrogens with two attached hydrogens (primary N) is 1. The van der Waals surface area contributed by atoms with Gasteiger partial charge in [0.25, 0.3) is 0 Å². The standard InChI is InChI=1S/C13H15F2N5O3/c14-3-1-2-13(5-21)7(22)4-8(23-13)20-6-17-9-10(16)18-12(15)19-11(9)20/h1-2,6-8,21-22H,3-5H2,(H2,16,18,19)/b2-1+/t7-,8+,13+/m0/s1. The van der Waals surface area contributed by atoms with E-state index in [0.29, 0.717) is 0 Å².